The predicted octanol–water partition coefficient (Wildman–Crippen LogP) is 2.69. The third-order valence-electron chi connectivity index (χ3n) is 2.98. The zero-order chi connectivity index (χ0) is 10.1. The first-order valence-corrected chi connectivity index (χ1v) is 5.56. The second-order valence-electron chi connectivity index (χ2n) is 4.29. The Morgan fingerprint density at radius 1 is 1.27 bits per heavy atom. The van der Waals surface area contributed by atoms with Crippen molar-refractivity contribution in [2.45, 2.75) is 19.1 Å². The first kappa shape index (κ1) is 8.98. The molecule has 0 amide bonds. The van der Waals surface area contributed by atoms with E-state index in [2.05, 4.69) is 35.7 Å². The van der Waals surface area contributed by atoms with Crippen molar-refractivity contribution >= 4 is 6.08 Å². The lowest BCUT2D eigenvalue weighted by atomic mass is 10.0. The number of fused-ring (bicyclic) bond motifs is 1. The molecule has 1 unspecified atom stereocenters. The normalized spacial score (nSPS) is 23.3. The molecule has 0 radical (unpaired) electrons. The van der Waals surface area contributed by atoms with Crippen molar-refractivity contribution in [1.29, 1.82) is 0 Å². The largest absolute Gasteiger partial charge is 0.362 e. The van der Waals surface area contributed by atoms with E-state index in [4.69, 9.17) is 4.74 Å². The average Bonchev–Trinajstić information content (AvgIpc) is 3.10. The molecular formula is C13H15NO. The van der Waals surface area contributed by atoms with Crippen molar-refractivity contribution in [3.8, 4) is 0 Å². The van der Waals surface area contributed by atoms with Gasteiger partial charge in [-0.15, -0.1) is 0 Å². The van der Waals surface area contributed by atoms with Gasteiger partial charge in [-0.2, -0.15) is 0 Å². The molecule has 1 fully saturated rings. The van der Waals surface area contributed by atoms with Crippen LogP contribution >= 0.6 is 0 Å². The summed E-state index contributed by atoms with van der Waals surface area (Å²) in [6, 6.07) is 8.38. The van der Waals surface area contributed by atoms with E-state index in [1.165, 1.54) is 24.0 Å². The monoisotopic (exact) mass is 201 g/mol. The molecule has 1 N–H and O–H groups in total. The third kappa shape index (κ3) is 1.90. The number of ether oxygens (including phenoxy) is 1. The summed E-state index contributed by atoms with van der Waals surface area (Å²) in [7, 11) is 0. The van der Waals surface area contributed by atoms with Crippen molar-refractivity contribution < 1.29 is 4.74 Å². The number of hydrogen-bond acceptors (Lipinski definition) is 2. The highest BCUT2D eigenvalue weighted by atomic mass is 16.5. The van der Waals surface area contributed by atoms with Gasteiger partial charge in [0.15, 0.2) is 6.23 Å². The van der Waals surface area contributed by atoms with Crippen LogP contribution in [0.25, 0.3) is 6.08 Å². The van der Waals surface area contributed by atoms with Crippen LogP contribution < -0.4 is 5.32 Å². The molecule has 1 aromatic rings. The van der Waals surface area contributed by atoms with Crippen molar-refractivity contribution in [2.24, 2.45) is 5.92 Å². The van der Waals surface area contributed by atoms with Gasteiger partial charge >= 0.3 is 0 Å². The second-order valence-corrected chi connectivity index (χ2v) is 4.29. The Morgan fingerprint density at radius 2 is 2.13 bits per heavy atom. The van der Waals surface area contributed by atoms with Crippen LogP contribution in [-0.2, 0) is 4.74 Å². The first-order valence-electron chi connectivity index (χ1n) is 5.56. The second kappa shape index (κ2) is 3.70. The number of benzene rings is 1. The Balaban J connectivity index is 1.76. The summed E-state index contributed by atoms with van der Waals surface area (Å²) >= 11 is 0. The van der Waals surface area contributed by atoms with Crippen LogP contribution in [0.2, 0.25) is 0 Å². The fourth-order valence-electron chi connectivity index (χ4n) is 1.87. The summed E-state index contributed by atoms with van der Waals surface area (Å²) in [5.41, 5.74) is 2.51. The lowest BCUT2D eigenvalue weighted by Crippen LogP contribution is -2.23. The van der Waals surface area contributed by atoms with Gasteiger partial charge in [0.2, 0.25) is 0 Å². The average molecular weight is 201 g/mol. The standard InChI is InChI=1S/C13H15NO/c1-2-4-12-11(3-1)7-8-14-13(12)15-9-10-5-6-10/h1-4,7-8,10,13-14H,5-6,9H2. The van der Waals surface area contributed by atoms with Crippen LogP contribution in [0.15, 0.2) is 30.5 Å². The van der Waals surface area contributed by atoms with E-state index in [-0.39, 0.29) is 6.23 Å². The zero-order valence-corrected chi connectivity index (χ0v) is 8.65. The first-order chi connectivity index (χ1) is 7.43. The Labute approximate surface area is 89.9 Å². The Kier molecular flexibility index (Phi) is 2.22. The molecule has 0 aromatic heterocycles. The molecule has 15 heavy (non-hydrogen) atoms. The minimum Gasteiger partial charge on any atom is -0.362 e. The van der Waals surface area contributed by atoms with Gasteiger partial charge in [-0.05, 0) is 36.6 Å². The minimum atomic E-state index is 0.0480. The molecule has 1 aliphatic carbocycles. The third-order valence-corrected chi connectivity index (χ3v) is 2.98. The van der Waals surface area contributed by atoms with Gasteiger partial charge in [0.1, 0.15) is 0 Å². The van der Waals surface area contributed by atoms with Gasteiger partial charge in [0.05, 0.1) is 6.61 Å². The summed E-state index contributed by atoms with van der Waals surface area (Å²) < 4.78 is 5.87. The predicted molar refractivity (Wildman–Crippen MR) is 60.0 cm³/mol. The van der Waals surface area contributed by atoms with Gasteiger partial charge < -0.3 is 10.1 Å². The van der Waals surface area contributed by atoms with Crippen molar-refractivity contribution in [3.63, 3.8) is 0 Å². The van der Waals surface area contributed by atoms with Gasteiger partial charge in [-0.25, -0.2) is 0 Å². The number of nitrogens with one attached hydrogen (secondary N) is 1. The van der Waals surface area contributed by atoms with Gasteiger partial charge in [0, 0.05) is 5.56 Å². The van der Waals surface area contributed by atoms with E-state index >= 15 is 0 Å². The highest BCUT2D eigenvalue weighted by molar-refractivity contribution is 5.56. The summed E-state index contributed by atoms with van der Waals surface area (Å²) in [6.45, 7) is 0.889. The molecular weight excluding hydrogens is 186 g/mol. The smallest absolute Gasteiger partial charge is 0.154 e. The van der Waals surface area contributed by atoms with Crippen LogP contribution in [0.1, 0.15) is 30.2 Å². The molecule has 0 spiro atoms. The molecule has 1 saturated carbocycles. The molecule has 1 aromatic carbocycles. The minimum absolute atomic E-state index is 0.0480. The summed E-state index contributed by atoms with van der Waals surface area (Å²) in [6.07, 6.45) is 6.78. The lowest BCUT2D eigenvalue weighted by Gasteiger charge is -2.23. The summed E-state index contributed by atoms with van der Waals surface area (Å²) in [5, 5.41) is 3.26. The maximum Gasteiger partial charge on any atom is 0.154 e. The molecule has 3 rings (SSSR count). The van der Waals surface area contributed by atoms with Crippen molar-refractivity contribution in [2.75, 3.05) is 6.61 Å². The molecule has 78 valence electrons. The van der Waals surface area contributed by atoms with E-state index in [0.717, 1.165) is 12.5 Å². The van der Waals surface area contributed by atoms with Crippen LogP contribution in [0.4, 0.5) is 0 Å². The SMILES string of the molecule is C1=Cc2ccccc2C(OCC2CC2)N1. The molecule has 2 aliphatic rings. The van der Waals surface area contributed by atoms with E-state index in [1.807, 2.05) is 6.20 Å². The quantitative estimate of drug-likeness (QED) is 0.811. The van der Waals surface area contributed by atoms with Crippen molar-refractivity contribution in [1.82, 2.24) is 5.32 Å². The molecule has 0 saturated heterocycles. The lowest BCUT2D eigenvalue weighted by molar-refractivity contribution is 0.0302. The Morgan fingerprint density at radius 3 is 3.00 bits per heavy atom. The zero-order valence-electron chi connectivity index (χ0n) is 8.65. The van der Waals surface area contributed by atoms with Crippen molar-refractivity contribution in [3.05, 3.63) is 41.6 Å². The van der Waals surface area contributed by atoms with Crippen LogP contribution in [0.3, 0.4) is 0 Å². The van der Waals surface area contributed by atoms with Gasteiger partial charge in [-0.3, -0.25) is 0 Å². The number of hydrogen-bond donors (Lipinski definition) is 1. The van der Waals surface area contributed by atoms with E-state index in [9.17, 15) is 0 Å². The van der Waals surface area contributed by atoms with E-state index < -0.39 is 0 Å². The summed E-state index contributed by atoms with van der Waals surface area (Å²) in [5.74, 6) is 0.810. The molecule has 2 heteroatoms. The highest BCUT2D eigenvalue weighted by Crippen LogP contribution is 2.31. The van der Waals surface area contributed by atoms with Gasteiger partial charge in [0.25, 0.3) is 0 Å². The maximum atomic E-state index is 5.87. The maximum absolute atomic E-state index is 5.87. The van der Waals surface area contributed by atoms with Crippen LogP contribution in [0, 0.1) is 5.92 Å². The highest BCUT2D eigenvalue weighted by Gasteiger charge is 2.24. The molecule has 0 bridgehead atoms. The molecule has 1 heterocycles. The van der Waals surface area contributed by atoms with E-state index in [1.54, 1.807) is 0 Å². The fourth-order valence-corrected chi connectivity index (χ4v) is 1.87. The Hall–Kier alpha value is -1.28. The topological polar surface area (TPSA) is 21.3 Å². The van der Waals surface area contributed by atoms with Crippen LogP contribution in [0.5, 0.6) is 0 Å². The summed E-state index contributed by atoms with van der Waals surface area (Å²) in [4.78, 5) is 0. The van der Waals surface area contributed by atoms with Crippen LogP contribution in [-0.4, -0.2) is 6.61 Å². The molecule has 2 nitrogen and oxygen atoms in total. The molecule has 1 atom stereocenters. The molecule has 1 aliphatic heterocycles. The van der Waals surface area contributed by atoms with E-state index in [0.29, 0.717) is 0 Å². The fraction of sp³-hybridized carbons (Fsp3) is 0.385. The van der Waals surface area contributed by atoms with Gasteiger partial charge in [-0.1, -0.05) is 24.3 Å². The number of rotatable bonds is 3. The Bertz CT molecular complexity index is 382.